The van der Waals surface area contributed by atoms with Crippen molar-refractivity contribution in [2.45, 2.75) is 32.0 Å². The van der Waals surface area contributed by atoms with Crippen molar-refractivity contribution in [3.63, 3.8) is 0 Å². The number of carbonyl (C=O) groups is 1. The van der Waals surface area contributed by atoms with E-state index in [9.17, 15) is 27.2 Å². The van der Waals surface area contributed by atoms with Crippen LogP contribution in [-0.4, -0.2) is 78.2 Å². The van der Waals surface area contributed by atoms with E-state index in [2.05, 4.69) is 9.64 Å². The van der Waals surface area contributed by atoms with Crippen LogP contribution in [0.3, 0.4) is 0 Å². The van der Waals surface area contributed by atoms with Gasteiger partial charge >= 0.3 is 22.7 Å². The fourth-order valence-corrected chi connectivity index (χ4v) is 6.01. The predicted molar refractivity (Wildman–Crippen MR) is 173 cm³/mol. The van der Waals surface area contributed by atoms with Gasteiger partial charge in [-0.1, -0.05) is 29.3 Å². The number of morpholine rings is 1. The molecule has 5 rings (SSSR count). The summed E-state index contributed by atoms with van der Waals surface area (Å²) in [4.78, 5) is 15.8. The summed E-state index contributed by atoms with van der Waals surface area (Å²) in [5.41, 5.74) is 0.490. The number of aromatic nitrogens is 1. The van der Waals surface area contributed by atoms with Gasteiger partial charge in [0, 0.05) is 37.7 Å². The number of nitrogens with zero attached hydrogens (tertiary/aromatic N) is 2. The molecule has 2 fully saturated rings. The van der Waals surface area contributed by atoms with Crippen LogP contribution < -0.4 is 23.1 Å². The molecule has 2 aromatic carbocycles. The highest BCUT2D eigenvalue weighted by Crippen LogP contribution is 2.38. The lowest BCUT2D eigenvalue weighted by Gasteiger charge is -2.26. The lowest BCUT2D eigenvalue weighted by Crippen LogP contribution is -2.38. The molecule has 3 aromatic rings. The van der Waals surface area contributed by atoms with Gasteiger partial charge in [0.2, 0.25) is 0 Å². The first kappa shape index (κ1) is 36.6. The first-order valence-electron chi connectivity index (χ1n) is 15.3. The minimum absolute atomic E-state index is 0.00571. The van der Waals surface area contributed by atoms with Crippen LogP contribution >= 0.6 is 23.2 Å². The van der Waals surface area contributed by atoms with Crippen LogP contribution in [0.25, 0.3) is 0 Å². The topological polar surface area (TPSA) is 137 Å². The number of rotatable bonds is 16. The van der Waals surface area contributed by atoms with Crippen LogP contribution in [-0.2, 0) is 26.0 Å². The molecule has 1 atom stereocenters. The van der Waals surface area contributed by atoms with E-state index in [1.54, 1.807) is 0 Å². The average Bonchev–Trinajstić information content (AvgIpc) is 3.86. The molecule has 1 unspecified atom stereocenters. The molecule has 0 N–H and O–H groups in total. The number of benzene rings is 2. The molecular weight excluding hydrogens is 713 g/mol. The van der Waals surface area contributed by atoms with Crippen molar-refractivity contribution >= 4 is 39.3 Å². The van der Waals surface area contributed by atoms with Crippen LogP contribution in [0.4, 0.5) is 8.78 Å². The number of hydrogen-bond donors (Lipinski definition) is 0. The summed E-state index contributed by atoms with van der Waals surface area (Å²) in [6, 6.07) is 8.05. The molecule has 0 amide bonds. The first-order chi connectivity index (χ1) is 23.3. The Morgan fingerprint density at radius 2 is 1.71 bits per heavy atom. The van der Waals surface area contributed by atoms with Gasteiger partial charge < -0.3 is 33.1 Å². The minimum Gasteiger partial charge on any atom is -0.619 e. The van der Waals surface area contributed by atoms with Crippen molar-refractivity contribution in [3.05, 3.63) is 80.7 Å². The summed E-state index contributed by atoms with van der Waals surface area (Å²) in [5.74, 6) is -0.956. The van der Waals surface area contributed by atoms with Crippen molar-refractivity contribution in [1.82, 2.24) is 4.90 Å². The fraction of sp³-hybridized carbons (Fsp3) is 0.438. The second-order valence-corrected chi connectivity index (χ2v) is 13.9. The maximum Gasteiger partial charge on any atom is 0.387 e. The summed E-state index contributed by atoms with van der Waals surface area (Å²) < 4.78 is 83.7. The first-order valence-corrected chi connectivity index (χ1v) is 17.9. The SMILES string of the molecule is CS(=O)(=O)Oc1cc(C(=O)OC(Cc2c(Cl)c[n+]([O-])cc2Cl)c2ccc(OC(F)F)c(OCC3CC3)c2)ccc1OCCN1CCOCC1. The van der Waals surface area contributed by atoms with Crippen LogP contribution in [0.1, 0.15) is 40.4 Å². The zero-order chi connectivity index (χ0) is 35.1. The fourth-order valence-electron chi connectivity index (χ4n) is 4.95. The monoisotopic (exact) mass is 746 g/mol. The molecule has 17 heteroatoms. The number of pyridine rings is 1. The molecule has 1 aliphatic carbocycles. The van der Waals surface area contributed by atoms with E-state index in [-0.39, 0.29) is 69.7 Å². The standard InChI is InChI=1S/C32H34Cl2F2N2O10S/c1-49(41,42)48-30-15-22(5-6-26(30)44-13-10-37-8-11-43-12-9-37)31(39)46-28(16-23-24(33)17-38(40)18-25(23)34)21-4-7-27(47-32(35)36)29(14-21)45-19-20-2-3-20/h4-7,14-15,17-18,20,28,32H,2-3,8-13,16,19H2,1H3. The molecule has 266 valence electrons. The van der Waals surface area contributed by atoms with Crippen molar-refractivity contribution < 1.29 is 54.6 Å². The zero-order valence-corrected chi connectivity index (χ0v) is 28.6. The van der Waals surface area contributed by atoms with E-state index >= 15 is 0 Å². The number of carbonyl (C=O) groups excluding carboxylic acids is 1. The van der Waals surface area contributed by atoms with Gasteiger partial charge in [-0.2, -0.15) is 21.9 Å². The molecule has 2 aliphatic rings. The van der Waals surface area contributed by atoms with Crippen molar-refractivity contribution in [3.8, 4) is 23.0 Å². The Labute approximate surface area is 292 Å². The third-order valence-corrected chi connectivity index (χ3v) is 8.75. The number of alkyl halides is 2. The maximum absolute atomic E-state index is 13.7. The highest BCUT2D eigenvalue weighted by Gasteiger charge is 2.27. The molecule has 49 heavy (non-hydrogen) atoms. The van der Waals surface area contributed by atoms with Crippen LogP contribution in [0.5, 0.6) is 23.0 Å². The minimum atomic E-state index is -4.03. The van der Waals surface area contributed by atoms with Gasteiger partial charge in [-0.25, -0.2) is 4.79 Å². The van der Waals surface area contributed by atoms with E-state index in [4.69, 9.17) is 46.3 Å². The smallest absolute Gasteiger partial charge is 0.387 e. The number of halogens is 4. The van der Waals surface area contributed by atoms with Gasteiger partial charge in [-0.15, -0.1) is 0 Å². The van der Waals surface area contributed by atoms with Gasteiger partial charge in [0.25, 0.3) is 0 Å². The van der Waals surface area contributed by atoms with E-state index in [1.165, 1.54) is 36.4 Å². The second-order valence-electron chi connectivity index (χ2n) is 11.5. The average molecular weight is 748 g/mol. The quantitative estimate of drug-likeness (QED) is 0.0827. The lowest BCUT2D eigenvalue weighted by molar-refractivity contribution is -0.605. The summed E-state index contributed by atoms with van der Waals surface area (Å²) >= 11 is 12.7. The molecule has 0 spiro atoms. The van der Waals surface area contributed by atoms with Gasteiger partial charge in [0.05, 0.1) is 31.6 Å². The van der Waals surface area contributed by atoms with Crippen LogP contribution in [0.15, 0.2) is 48.8 Å². The van der Waals surface area contributed by atoms with Gasteiger partial charge in [-0.3, -0.25) is 4.90 Å². The molecule has 0 bridgehead atoms. The van der Waals surface area contributed by atoms with Crippen molar-refractivity contribution in [2.75, 3.05) is 52.3 Å². The summed E-state index contributed by atoms with van der Waals surface area (Å²) in [6.45, 7) is 0.592. The Hall–Kier alpha value is -3.63. The van der Waals surface area contributed by atoms with Crippen molar-refractivity contribution in [1.29, 1.82) is 0 Å². The Morgan fingerprint density at radius 3 is 2.37 bits per heavy atom. The molecule has 12 nitrogen and oxygen atoms in total. The second kappa shape index (κ2) is 16.4. The largest absolute Gasteiger partial charge is 0.619 e. The van der Waals surface area contributed by atoms with Crippen molar-refractivity contribution in [2.24, 2.45) is 5.92 Å². The Kier molecular flexibility index (Phi) is 12.3. The Balaban J connectivity index is 1.43. The normalized spacial score (nSPS) is 15.9. The molecule has 1 saturated carbocycles. The van der Waals surface area contributed by atoms with Gasteiger partial charge in [-0.05, 0) is 48.6 Å². The van der Waals surface area contributed by atoms with Crippen LogP contribution in [0, 0.1) is 11.1 Å². The van der Waals surface area contributed by atoms with E-state index in [1.807, 2.05) is 0 Å². The highest BCUT2D eigenvalue weighted by atomic mass is 35.5. The number of ether oxygens (including phenoxy) is 5. The van der Waals surface area contributed by atoms with E-state index in [0.29, 0.717) is 30.1 Å². The molecule has 1 saturated heterocycles. The molecule has 2 heterocycles. The number of hydrogen-bond acceptors (Lipinski definition) is 11. The van der Waals surface area contributed by atoms with Gasteiger partial charge in [0.1, 0.15) is 22.8 Å². The summed E-state index contributed by atoms with van der Waals surface area (Å²) in [6.07, 6.45) is 3.61. The molecule has 1 aromatic heterocycles. The molecule has 0 radical (unpaired) electrons. The summed E-state index contributed by atoms with van der Waals surface area (Å²) in [7, 11) is -4.03. The van der Waals surface area contributed by atoms with E-state index < -0.39 is 28.8 Å². The van der Waals surface area contributed by atoms with Gasteiger partial charge in [0.15, 0.2) is 35.4 Å². The Bertz CT molecular complexity index is 1720. The lowest BCUT2D eigenvalue weighted by atomic mass is 10.0. The van der Waals surface area contributed by atoms with E-state index in [0.717, 1.165) is 44.6 Å². The third-order valence-electron chi connectivity index (χ3n) is 7.61. The maximum atomic E-state index is 13.7. The summed E-state index contributed by atoms with van der Waals surface area (Å²) in [5, 5.41) is 11.9. The molecular formula is C32H34Cl2F2N2O10S. The van der Waals surface area contributed by atoms with Crippen LogP contribution in [0.2, 0.25) is 10.0 Å². The zero-order valence-electron chi connectivity index (χ0n) is 26.3. The predicted octanol–water partition coefficient (Wildman–Crippen LogP) is 5.21. The highest BCUT2D eigenvalue weighted by molar-refractivity contribution is 7.86. The Morgan fingerprint density at radius 1 is 1.02 bits per heavy atom. The molecule has 1 aliphatic heterocycles. The third kappa shape index (κ3) is 10.9. The number of esters is 1.